The second-order valence-corrected chi connectivity index (χ2v) is 4.60. The molecular weight excluding hydrogens is 222 g/mol. The molecule has 1 aromatic rings. The number of rotatable bonds is 6. The Morgan fingerprint density at radius 2 is 2.38 bits per heavy atom. The maximum absolute atomic E-state index is 11.8. The van der Waals surface area contributed by atoms with Gasteiger partial charge in [0, 0.05) is 26.0 Å². The number of nitrogens with one attached hydrogen (secondary N) is 1. The van der Waals surface area contributed by atoms with Crippen molar-refractivity contribution in [1.82, 2.24) is 9.88 Å². The second kappa shape index (κ2) is 6.48. The van der Waals surface area contributed by atoms with Crippen molar-refractivity contribution in [2.45, 2.75) is 26.2 Å². The molecule has 1 rings (SSSR count). The molecule has 0 aliphatic rings. The fraction of sp³-hybridized carbons (Fsp3) is 0.636. The summed E-state index contributed by atoms with van der Waals surface area (Å²) < 4.78 is 0. The highest BCUT2D eigenvalue weighted by molar-refractivity contribution is 7.13. The van der Waals surface area contributed by atoms with E-state index in [0.29, 0.717) is 6.42 Å². The van der Waals surface area contributed by atoms with Gasteiger partial charge in [-0.2, -0.15) is 0 Å². The molecule has 1 N–H and O–H groups in total. The lowest BCUT2D eigenvalue weighted by molar-refractivity contribution is -0.129. The van der Waals surface area contributed by atoms with E-state index in [4.69, 9.17) is 0 Å². The molecular formula is C11H19N3OS. The summed E-state index contributed by atoms with van der Waals surface area (Å²) in [6.45, 7) is 2.95. The molecule has 0 aliphatic heterocycles. The quantitative estimate of drug-likeness (QED) is 0.828. The number of carbonyl (C=O) groups is 1. The highest BCUT2D eigenvalue weighted by Crippen LogP contribution is 2.15. The number of hydrogen-bond acceptors (Lipinski definition) is 4. The fourth-order valence-corrected chi connectivity index (χ4v) is 1.98. The largest absolute Gasteiger partial charge is 0.365 e. The van der Waals surface area contributed by atoms with E-state index in [1.165, 1.54) is 11.3 Å². The summed E-state index contributed by atoms with van der Waals surface area (Å²) in [5.41, 5.74) is 0.850. The van der Waals surface area contributed by atoms with E-state index in [-0.39, 0.29) is 5.91 Å². The molecule has 0 radical (unpaired) electrons. The van der Waals surface area contributed by atoms with Gasteiger partial charge in [0.25, 0.3) is 0 Å². The summed E-state index contributed by atoms with van der Waals surface area (Å²) in [6.07, 6.45) is 2.57. The molecule has 1 amide bonds. The van der Waals surface area contributed by atoms with E-state index in [9.17, 15) is 4.79 Å². The zero-order valence-corrected chi connectivity index (χ0v) is 10.9. The molecule has 0 saturated carbocycles. The van der Waals surface area contributed by atoms with Gasteiger partial charge >= 0.3 is 0 Å². The normalized spacial score (nSPS) is 10.2. The van der Waals surface area contributed by atoms with E-state index < -0.39 is 0 Å². The second-order valence-electron chi connectivity index (χ2n) is 3.74. The Morgan fingerprint density at radius 3 is 2.94 bits per heavy atom. The molecule has 0 aliphatic carbocycles. The SMILES string of the molecule is CCCCN(C)C(=O)Cc1csc(NC)n1. The van der Waals surface area contributed by atoms with Crippen molar-refractivity contribution in [2.75, 3.05) is 26.0 Å². The van der Waals surface area contributed by atoms with Gasteiger partial charge in [-0.3, -0.25) is 4.79 Å². The minimum Gasteiger partial charge on any atom is -0.365 e. The van der Waals surface area contributed by atoms with Crippen LogP contribution in [0.3, 0.4) is 0 Å². The highest BCUT2D eigenvalue weighted by atomic mass is 32.1. The van der Waals surface area contributed by atoms with Crippen LogP contribution in [-0.4, -0.2) is 36.4 Å². The van der Waals surface area contributed by atoms with E-state index in [1.807, 2.05) is 19.5 Å². The van der Waals surface area contributed by atoms with Crippen molar-refractivity contribution in [2.24, 2.45) is 0 Å². The number of unbranched alkanes of at least 4 members (excludes halogenated alkanes) is 1. The number of hydrogen-bond donors (Lipinski definition) is 1. The van der Waals surface area contributed by atoms with E-state index in [0.717, 1.165) is 30.2 Å². The third-order valence-electron chi connectivity index (χ3n) is 2.37. The molecule has 16 heavy (non-hydrogen) atoms. The summed E-state index contributed by atoms with van der Waals surface area (Å²) >= 11 is 1.53. The smallest absolute Gasteiger partial charge is 0.228 e. The molecule has 0 fully saturated rings. The molecule has 0 bridgehead atoms. The number of nitrogens with zero attached hydrogens (tertiary/aromatic N) is 2. The number of thiazole rings is 1. The van der Waals surface area contributed by atoms with Gasteiger partial charge in [-0.05, 0) is 6.42 Å². The van der Waals surface area contributed by atoms with Gasteiger partial charge in [-0.15, -0.1) is 11.3 Å². The third kappa shape index (κ3) is 3.81. The van der Waals surface area contributed by atoms with E-state index in [1.54, 1.807) is 4.90 Å². The molecule has 1 aromatic heterocycles. The van der Waals surface area contributed by atoms with Crippen LogP contribution in [0.4, 0.5) is 5.13 Å². The van der Waals surface area contributed by atoms with Gasteiger partial charge in [-0.25, -0.2) is 4.98 Å². The molecule has 0 unspecified atom stereocenters. The van der Waals surface area contributed by atoms with Gasteiger partial charge in [0.1, 0.15) is 0 Å². The van der Waals surface area contributed by atoms with Gasteiger partial charge in [0.15, 0.2) is 5.13 Å². The predicted octanol–water partition coefficient (Wildman–Crippen LogP) is 1.99. The van der Waals surface area contributed by atoms with Crippen molar-refractivity contribution in [3.05, 3.63) is 11.1 Å². The summed E-state index contributed by atoms with van der Waals surface area (Å²) in [5.74, 6) is 0.140. The van der Waals surface area contributed by atoms with Crippen molar-refractivity contribution in [3.63, 3.8) is 0 Å². The van der Waals surface area contributed by atoms with Crippen molar-refractivity contribution >= 4 is 22.4 Å². The number of likely N-dealkylation sites (N-methyl/N-ethyl adjacent to an activating group) is 1. The lowest BCUT2D eigenvalue weighted by Gasteiger charge is -2.15. The summed E-state index contributed by atoms with van der Waals surface area (Å²) in [4.78, 5) is 17.9. The summed E-state index contributed by atoms with van der Waals surface area (Å²) in [7, 11) is 3.68. The lowest BCUT2D eigenvalue weighted by atomic mass is 10.2. The minimum atomic E-state index is 0.140. The van der Waals surface area contributed by atoms with Gasteiger partial charge in [0.05, 0.1) is 12.1 Å². The average molecular weight is 241 g/mol. The van der Waals surface area contributed by atoms with Crippen molar-refractivity contribution < 1.29 is 4.79 Å². The van der Waals surface area contributed by atoms with Gasteiger partial charge in [0.2, 0.25) is 5.91 Å². The molecule has 1 heterocycles. The lowest BCUT2D eigenvalue weighted by Crippen LogP contribution is -2.29. The molecule has 4 nitrogen and oxygen atoms in total. The first-order valence-electron chi connectivity index (χ1n) is 5.53. The molecule has 5 heteroatoms. The van der Waals surface area contributed by atoms with Crippen LogP contribution in [0.2, 0.25) is 0 Å². The fourth-order valence-electron chi connectivity index (χ4n) is 1.31. The molecule has 0 spiro atoms. The zero-order chi connectivity index (χ0) is 12.0. The van der Waals surface area contributed by atoms with Crippen molar-refractivity contribution in [3.8, 4) is 0 Å². The Kier molecular flexibility index (Phi) is 5.25. The average Bonchev–Trinajstić information content (AvgIpc) is 2.73. The van der Waals surface area contributed by atoms with Crippen LogP contribution in [0.5, 0.6) is 0 Å². The summed E-state index contributed by atoms with van der Waals surface area (Å²) in [5, 5.41) is 5.75. The van der Waals surface area contributed by atoms with Gasteiger partial charge in [-0.1, -0.05) is 13.3 Å². The standard InChI is InChI=1S/C11H19N3OS/c1-4-5-6-14(3)10(15)7-9-8-16-11(12-2)13-9/h8H,4-7H2,1-3H3,(H,12,13). The van der Waals surface area contributed by atoms with Gasteiger partial charge < -0.3 is 10.2 Å². The molecule has 0 aromatic carbocycles. The Balaban J connectivity index is 2.44. The number of aromatic nitrogens is 1. The van der Waals surface area contributed by atoms with Crippen LogP contribution in [0.15, 0.2) is 5.38 Å². The van der Waals surface area contributed by atoms with E-state index >= 15 is 0 Å². The van der Waals surface area contributed by atoms with Crippen molar-refractivity contribution in [1.29, 1.82) is 0 Å². The maximum Gasteiger partial charge on any atom is 0.228 e. The Hall–Kier alpha value is -1.10. The predicted molar refractivity (Wildman–Crippen MR) is 67.9 cm³/mol. The Bertz CT molecular complexity index is 338. The first-order valence-corrected chi connectivity index (χ1v) is 6.41. The number of amides is 1. The van der Waals surface area contributed by atoms with Crippen LogP contribution in [0, 0.1) is 0 Å². The minimum absolute atomic E-state index is 0.140. The molecule has 90 valence electrons. The topological polar surface area (TPSA) is 45.2 Å². The Morgan fingerprint density at radius 1 is 1.62 bits per heavy atom. The third-order valence-corrected chi connectivity index (χ3v) is 3.28. The number of anilines is 1. The first kappa shape index (κ1) is 13.0. The van der Waals surface area contributed by atoms with Crippen LogP contribution < -0.4 is 5.32 Å². The van der Waals surface area contributed by atoms with Crippen LogP contribution in [-0.2, 0) is 11.2 Å². The number of carbonyl (C=O) groups excluding carboxylic acids is 1. The van der Waals surface area contributed by atoms with Crippen LogP contribution in [0.1, 0.15) is 25.5 Å². The summed E-state index contributed by atoms with van der Waals surface area (Å²) in [6, 6.07) is 0. The van der Waals surface area contributed by atoms with E-state index in [2.05, 4.69) is 17.2 Å². The highest BCUT2D eigenvalue weighted by Gasteiger charge is 2.11. The molecule has 0 saturated heterocycles. The maximum atomic E-state index is 11.8. The first-order chi connectivity index (χ1) is 7.67. The molecule has 0 atom stereocenters. The van der Waals surface area contributed by atoms with Crippen LogP contribution in [0.25, 0.3) is 0 Å². The zero-order valence-electron chi connectivity index (χ0n) is 10.1. The monoisotopic (exact) mass is 241 g/mol. The Labute approximate surface area is 101 Å². The van der Waals surface area contributed by atoms with Crippen LogP contribution >= 0.6 is 11.3 Å².